The third kappa shape index (κ3) is 10.2. The monoisotopic (exact) mass is 351 g/mol. The predicted octanol–water partition coefficient (Wildman–Crippen LogP) is 2.55. The lowest BCUT2D eigenvalue weighted by molar-refractivity contribution is 0.0526. The molecule has 0 bridgehead atoms. The normalized spacial score (nSPS) is 12.2. The quantitative estimate of drug-likeness (QED) is 0.625. The van der Waals surface area contributed by atoms with Crippen LogP contribution in [0.4, 0.5) is 9.59 Å². The predicted molar refractivity (Wildman–Crippen MR) is 96.1 cm³/mol. The van der Waals surface area contributed by atoms with Crippen molar-refractivity contribution in [3.63, 3.8) is 0 Å². The molecule has 0 unspecified atom stereocenters. The Morgan fingerprint density at radius 2 is 1.84 bits per heavy atom. The summed E-state index contributed by atoms with van der Waals surface area (Å²) >= 11 is 0. The van der Waals surface area contributed by atoms with Crippen LogP contribution < -0.4 is 16.4 Å². The Balaban J connectivity index is 2.20. The maximum atomic E-state index is 11.8. The van der Waals surface area contributed by atoms with Gasteiger partial charge in [-0.1, -0.05) is 30.3 Å². The lowest BCUT2D eigenvalue weighted by Gasteiger charge is -2.20. The summed E-state index contributed by atoms with van der Waals surface area (Å²) in [6, 6.07) is 9.24. The van der Waals surface area contributed by atoms with Crippen LogP contribution in [0.2, 0.25) is 0 Å². The largest absolute Gasteiger partial charge is 0.445 e. The van der Waals surface area contributed by atoms with Crippen molar-refractivity contribution in [2.75, 3.05) is 13.1 Å². The minimum atomic E-state index is -0.520. The first-order valence-electron chi connectivity index (χ1n) is 8.44. The van der Waals surface area contributed by atoms with Gasteiger partial charge in [-0.15, -0.1) is 0 Å². The number of benzene rings is 1. The molecule has 1 aromatic carbocycles. The van der Waals surface area contributed by atoms with Crippen molar-refractivity contribution in [1.29, 1.82) is 0 Å². The van der Waals surface area contributed by atoms with Crippen LogP contribution in [0, 0.1) is 0 Å². The number of nitrogens with two attached hydrogens (primary N) is 1. The molecule has 0 spiro atoms. The summed E-state index contributed by atoms with van der Waals surface area (Å²) in [5.41, 5.74) is 6.07. The number of alkyl carbamates (subject to hydrolysis) is 2. The molecule has 0 saturated carbocycles. The molecule has 0 radical (unpaired) electrons. The van der Waals surface area contributed by atoms with Crippen molar-refractivity contribution < 1.29 is 19.1 Å². The summed E-state index contributed by atoms with van der Waals surface area (Å²) in [6.07, 6.45) is 0.346. The molecule has 7 heteroatoms. The fourth-order valence-corrected chi connectivity index (χ4v) is 2.03. The van der Waals surface area contributed by atoms with Gasteiger partial charge in [0.15, 0.2) is 0 Å². The van der Waals surface area contributed by atoms with Crippen molar-refractivity contribution in [2.24, 2.45) is 5.73 Å². The van der Waals surface area contributed by atoms with E-state index >= 15 is 0 Å². The van der Waals surface area contributed by atoms with Crippen molar-refractivity contribution in [3.8, 4) is 0 Å². The first kappa shape index (κ1) is 20.8. The van der Waals surface area contributed by atoms with Gasteiger partial charge in [0, 0.05) is 19.1 Å². The Morgan fingerprint density at radius 3 is 2.44 bits per heavy atom. The summed E-state index contributed by atoms with van der Waals surface area (Å²) in [4.78, 5) is 23.3. The van der Waals surface area contributed by atoms with E-state index in [9.17, 15) is 9.59 Å². The van der Waals surface area contributed by atoms with Crippen LogP contribution in [-0.2, 0) is 16.1 Å². The van der Waals surface area contributed by atoms with Crippen molar-refractivity contribution in [3.05, 3.63) is 35.9 Å². The molecule has 0 fully saturated rings. The Bertz CT molecular complexity index is 529. The van der Waals surface area contributed by atoms with E-state index < -0.39 is 17.8 Å². The number of hydrogen-bond donors (Lipinski definition) is 3. The summed E-state index contributed by atoms with van der Waals surface area (Å²) in [6.45, 7) is 6.38. The number of amides is 2. The molecule has 1 aromatic rings. The van der Waals surface area contributed by atoms with Gasteiger partial charge in [-0.25, -0.2) is 9.59 Å². The second-order valence-corrected chi connectivity index (χ2v) is 6.71. The molecule has 25 heavy (non-hydrogen) atoms. The number of rotatable bonds is 8. The van der Waals surface area contributed by atoms with Crippen LogP contribution >= 0.6 is 0 Å². The van der Waals surface area contributed by atoms with Crippen molar-refractivity contribution >= 4 is 12.2 Å². The smallest absolute Gasteiger partial charge is 0.407 e. The summed E-state index contributed by atoms with van der Waals surface area (Å²) in [7, 11) is 0. The van der Waals surface area contributed by atoms with Gasteiger partial charge in [-0.2, -0.15) is 0 Å². The van der Waals surface area contributed by atoms with Gasteiger partial charge < -0.3 is 25.8 Å². The van der Waals surface area contributed by atoms with Gasteiger partial charge in [0.05, 0.1) is 0 Å². The molecule has 7 nitrogen and oxygen atoms in total. The lowest BCUT2D eigenvalue weighted by atomic mass is 10.1. The van der Waals surface area contributed by atoms with Gasteiger partial charge in [-0.3, -0.25) is 0 Å². The summed E-state index contributed by atoms with van der Waals surface area (Å²) < 4.78 is 10.3. The van der Waals surface area contributed by atoms with Crippen molar-refractivity contribution in [2.45, 2.75) is 51.9 Å². The van der Waals surface area contributed by atoms with E-state index in [1.54, 1.807) is 0 Å². The number of hydrogen-bond acceptors (Lipinski definition) is 5. The number of carbonyl (C=O) groups excluding carboxylic acids is 2. The average molecular weight is 351 g/mol. The van der Waals surface area contributed by atoms with E-state index in [0.717, 1.165) is 5.56 Å². The van der Waals surface area contributed by atoms with E-state index in [4.69, 9.17) is 15.2 Å². The highest BCUT2D eigenvalue weighted by Crippen LogP contribution is 2.06. The van der Waals surface area contributed by atoms with E-state index in [-0.39, 0.29) is 12.6 Å². The molecule has 0 heterocycles. The van der Waals surface area contributed by atoms with Crippen LogP contribution in [0.25, 0.3) is 0 Å². The van der Waals surface area contributed by atoms with Crippen LogP contribution in [-0.4, -0.2) is 36.9 Å². The number of carbonyl (C=O) groups is 2. The van der Waals surface area contributed by atoms with Gasteiger partial charge >= 0.3 is 12.2 Å². The van der Waals surface area contributed by atoms with Crippen LogP contribution in [0.15, 0.2) is 30.3 Å². The van der Waals surface area contributed by atoms with Gasteiger partial charge in [0.1, 0.15) is 12.2 Å². The first-order chi connectivity index (χ1) is 11.8. The van der Waals surface area contributed by atoms with E-state index in [1.165, 1.54) is 0 Å². The molecule has 140 valence electrons. The highest BCUT2D eigenvalue weighted by Gasteiger charge is 2.16. The highest BCUT2D eigenvalue weighted by molar-refractivity contribution is 5.68. The molecule has 1 rings (SSSR count). The van der Waals surface area contributed by atoms with Crippen LogP contribution in [0.5, 0.6) is 0 Å². The topological polar surface area (TPSA) is 103 Å². The molecule has 4 N–H and O–H groups in total. The Kier molecular flexibility index (Phi) is 8.77. The zero-order valence-electron chi connectivity index (χ0n) is 15.2. The molecule has 0 saturated heterocycles. The third-order valence-corrected chi connectivity index (χ3v) is 3.22. The number of ether oxygens (including phenoxy) is 2. The van der Waals surface area contributed by atoms with E-state index in [2.05, 4.69) is 10.6 Å². The molecule has 0 aliphatic heterocycles. The highest BCUT2D eigenvalue weighted by atomic mass is 16.6. The SMILES string of the molecule is CC(C)(C)OC(=O)NCCC[C@@H](CN)NC(=O)OCc1ccccc1. The minimum Gasteiger partial charge on any atom is -0.445 e. The Morgan fingerprint density at radius 1 is 1.16 bits per heavy atom. The molecular weight excluding hydrogens is 322 g/mol. The van der Waals surface area contributed by atoms with E-state index in [0.29, 0.717) is 25.9 Å². The minimum absolute atomic E-state index is 0.205. The van der Waals surface area contributed by atoms with Gasteiger partial charge in [-0.05, 0) is 39.2 Å². The molecule has 0 aliphatic carbocycles. The van der Waals surface area contributed by atoms with Crippen LogP contribution in [0.1, 0.15) is 39.2 Å². The fourth-order valence-electron chi connectivity index (χ4n) is 2.03. The second-order valence-electron chi connectivity index (χ2n) is 6.71. The van der Waals surface area contributed by atoms with Gasteiger partial charge in [0.25, 0.3) is 0 Å². The number of nitrogens with one attached hydrogen (secondary N) is 2. The molecule has 0 aliphatic rings. The lowest BCUT2D eigenvalue weighted by Crippen LogP contribution is -2.41. The zero-order valence-corrected chi connectivity index (χ0v) is 15.2. The van der Waals surface area contributed by atoms with E-state index in [1.807, 2.05) is 51.1 Å². The van der Waals surface area contributed by atoms with Gasteiger partial charge in [0.2, 0.25) is 0 Å². The molecule has 1 atom stereocenters. The maximum Gasteiger partial charge on any atom is 0.407 e. The maximum absolute atomic E-state index is 11.8. The molecule has 2 amide bonds. The average Bonchev–Trinajstić information content (AvgIpc) is 2.55. The standard InChI is InChI=1S/C18H29N3O4/c1-18(2,3)25-16(22)20-11-7-10-15(12-19)21-17(23)24-13-14-8-5-4-6-9-14/h4-6,8-9,15H,7,10-13,19H2,1-3H3,(H,20,22)(H,21,23)/t15-/m0/s1. The Labute approximate surface area is 149 Å². The third-order valence-electron chi connectivity index (χ3n) is 3.22. The van der Waals surface area contributed by atoms with Crippen molar-refractivity contribution in [1.82, 2.24) is 10.6 Å². The summed E-state index contributed by atoms with van der Waals surface area (Å²) in [5, 5.41) is 5.41. The zero-order chi connectivity index (χ0) is 18.7. The summed E-state index contributed by atoms with van der Waals surface area (Å²) in [5.74, 6) is 0. The fraction of sp³-hybridized carbons (Fsp3) is 0.556. The second kappa shape index (κ2) is 10.6. The first-order valence-corrected chi connectivity index (χ1v) is 8.44. The Hall–Kier alpha value is -2.28. The molecular formula is C18H29N3O4. The molecule has 0 aromatic heterocycles. The van der Waals surface area contributed by atoms with Crippen LogP contribution in [0.3, 0.4) is 0 Å².